The molecule has 0 heterocycles. The number of nitrogens with zero attached hydrogens (tertiary/aromatic N) is 1. The van der Waals surface area contributed by atoms with Crippen molar-refractivity contribution < 1.29 is 9.53 Å². The van der Waals surface area contributed by atoms with Gasteiger partial charge in [-0.25, -0.2) is 10.1 Å². The molecule has 3 nitrogen and oxygen atoms in total. The molecule has 3 heteroatoms. The van der Waals surface area contributed by atoms with E-state index < -0.39 is 6.09 Å². The molecule has 0 spiro atoms. The van der Waals surface area contributed by atoms with Crippen molar-refractivity contribution in [3.63, 3.8) is 0 Å². The molecule has 0 N–H and O–H groups in total. The fourth-order valence-electron chi connectivity index (χ4n) is 1.29. The minimum Gasteiger partial charge on any atom is -0.448 e. The van der Waals surface area contributed by atoms with Crippen molar-refractivity contribution >= 4 is 6.09 Å². The van der Waals surface area contributed by atoms with Gasteiger partial charge < -0.3 is 4.74 Å². The highest BCUT2D eigenvalue weighted by Crippen LogP contribution is 2.20. The van der Waals surface area contributed by atoms with Crippen LogP contribution in [-0.2, 0) is 11.2 Å². The SMILES string of the molecule is O=C([N]C1CC1)OCCc1ccccc1. The number of ether oxygens (including phenoxy) is 1. The summed E-state index contributed by atoms with van der Waals surface area (Å²) in [5, 5.41) is 3.86. The fourth-order valence-corrected chi connectivity index (χ4v) is 1.29. The second kappa shape index (κ2) is 4.82. The van der Waals surface area contributed by atoms with E-state index in [9.17, 15) is 4.79 Å². The summed E-state index contributed by atoms with van der Waals surface area (Å²) < 4.78 is 4.99. The van der Waals surface area contributed by atoms with E-state index in [1.54, 1.807) is 0 Å². The first-order valence-electron chi connectivity index (χ1n) is 5.26. The molecule has 0 aromatic heterocycles. The summed E-state index contributed by atoms with van der Waals surface area (Å²) in [5.41, 5.74) is 1.18. The average Bonchev–Trinajstić information content (AvgIpc) is 3.03. The summed E-state index contributed by atoms with van der Waals surface area (Å²) in [7, 11) is 0. The first-order valence-corrected chi connectivity index (χ1v) is 5.26. The second-order valence-electron chi connectivity index (χ2n) is 3.71. The van der Waals surface area contributed by atoms with Gasteiger partial charge in [0, 0.05) is 6.42 Å². The van der Waals surface area contributed by atoms with E-state index in [0.717, 1.165) is 19.3 Å². The lowest BCUT2D eigenvalue weighted by atomic mass is 10.2. The third-order valence-corrected chi connectivity index (χ3v) is 2.29. The predicted molar refractivity (Wildman–Crippen MR) is 56.7 cm³/mol. The van der Waals surface area contributed by atoms with E-state index in [4.69, 9.17) is 4.74 Å². The summed E-state index contributed by atoms with van der Waals surface area (Å²) in [6, 6.07) is 10.2. The fraction of sp³-hybridized carbons (Fsp3) is 0.417. The molecule has 1 aromatic rings. The Kier molecular flexibility index (Phi) is 3.22. The van der Waals surface area contributed by atoms with Crippen molar-refractivity contribution in [2.75, 3.05) is 6.61 Å². The molecule has 1 radical (unpaired) electrons. The van der Waals surface area contributed by atoms with E-state index in [1.165, 1.54) is 5.56 Å². The van der Waals surface area contributed by atoms with E-state index in [1.807, 2.05) is 30.3 Å². The van der Waals surface area contributed by atoms with Crippen molar-refractivity contribution in [1.29, 1.82) is 0 Å². The molecule has 1 aromatic carbocycles. The third kappa shape index (κ3) is 3.62. The topological polar surface area (TPSA) is 40.4 Å². The zero-order valence-corrected chi connectivity index (χ0v) is 8.56. The number of carbonyl (C=O) groups excluding carboxylic acids is 1. The summed E-state index contributed by atoms with van der Waals surface area (Å²) >= 11 is 0. The van der Waals surface area contributed by atoms with Crippen molar-refractivity contribution in [1.82, 2.24) is 5.32 Å². The Hall–Kier alpha value is -1.51. The van der Waals surface area contributed by atoms with Crippen molar-refractivity contribution in [2.24, 2.45) is 0 Å². The van der Waals surface area contributed by atoms with Gasteiger partial charge in [0.2, 0.25) is 0 Å². The molecule has 79 valence electrons. The molecule has 2 rings (SSSR count). The molecule has 1 aliphatic carbocycles. The van der Waals surface area contributed by atoms with Crippen LogP contribution in [0.2, 0.25) is 0 Å². The quantitative estimate of drug-likeness (QED) is 0.753. The Morgan fingerprint density at radius 3 is 2.73 bits per heavy atom. The summed E-state index contributed by atoms with van der Waals surface area (Å²) in [6.45, 7) is 0.416. The largest absolute Gasteiger partial charge is 0.448 e. The number of hydrogen-bond donors (Lipinski definition) is 0. The summed E-state index contributed by atoms with van der Waals surface area (Å²) in [4.78, 5) is 11.1. The second-order valence-corrected chi connectivity index (χ2v) is 3.71. The number of benzene rings is 1. The standard InChI is InChI=1S/C12H14NO2/c14-12(13-11-6-7-11)15-9-8-10-4-2-1-3-5-10/h1-5,11H,6-9H2. The smallest absolute Gasteiger partial charge is 0.429 e. The molecule has 0 unspecified atom stereocenters. The van der Waals surface area contributed by atoms with Gasteiger partial charge in [0.15, 0.2) is 0 Å². The normalized spacial score (nSPS) is 14.7. The molecular weight excluding hydrogens is 190 g/mol. The summed E-state index contributed by atoms with van der Waals surface area (Å²) in [6.07, 6.45) is 2.42. The Morgan fingerprint density at radius 2 is 2.07 bits per heavy atom. The maximum atomic E-state index is 11.1. The lowest BCUT2D eigenvalue weighted by Crippen LogP contribution is -2.19. The molecule has 1 amide bonds. The zero-order chi connectivity index (χ0) is 10.5. The van der Waals surface area contributed by atoms with Gasteiger partial charge in [0.1, 0.15) is 0 Å². The van der Waals surface area contributed by atoms with Crippen LogP contribution in [0.3, 0.4) is 0 Å². The maximum absolute atomic E-state index is 11.1. The Labute approximate surface area is 89.4 Å². The summed E-state index contributed by atoms with van der Waals surface area (Å²) in [5.74, 6) is 0. The Bertz CT molecular complexity index is 320. The number of hydrogen-bond acceptors (Lipinski definition) is 2. The highest BCUT2D eigenvalue weighted by atomic mass is 16.5. The molecule has 0 bridgehead atoms. The van der Waals surface area contributed by atoms with E-state index in [0.29, 0.717) is 6.61 Å². The maximum Gasteiger partial charge on any atom is 0.429 e. The molecule has 0 atom stereocenters. The van der Waals surface area contributed by atoms with Gasteiger partial charge in [0.05, 0.1) is 12.6 Å². The lowest BCUT2D eigenvalue weighted by Gasteiger charge is -2.03. The van der Waals surface area contributed by atoms with Crippen LogP contribution in [0.25, 0.3) is 0 Å². The minimum absolute atomic E-state index is 0.245. The van der Waals surface area contributed by atoms with Crippen molar-refractivity contribution in [3.8, 4) is 0 Å². The minimum atomic E-state index is -0.409. The van der Waals surface area contributed by atoms with Crippen LogP contribution in [0.1, 0.15) is 18.4 Å². The van der Waals surface area contributed by atoms with Crippen LogP contribution in [0, 0.1) is 0 Å². The van der Waals surface area contributed by atoms with Crippen LogP contribution in [-0.4, -0.2) is 18.7 Å². The van der Waals surface area contributed by atoms with Crippen LogP contribution < -0.4 is 5.32 Å². The molecule has 15 heavy (non-hydrogen) atoms. The first kappa shape index (κ1) is 10.0. The molecular formula is C12H14NO2. The van der Waals surface area contributed by atoms with Crippen LogP contribution in [0.5, 0.6) is 0 Å². The van der Waals surface area contributed by atoms with Gasteiger partial charge in [-0.3, -0.25) is 0 Å². The van der Waals surface area contributed by atoms with Gasteiger partial charge in [-0.2, -0.15) is 0 Å². The van der Waals surface area contributed by atoms with Crippen LogP contribution in [0.15, 0.2) is 30.3 Å². The highest BCUT2D eigenvalue weighted by Gasteiger charge is 2.26. The van der Waals surface area contributed by atoms with Gasteiger partial charge in [-0.05, 0) is 18.4 Å². The molecule has 1 saturated carbocycles. The van der Waals surface area contributed by atoms with Gasteiger partial charge in [0.25, 0.3) is 0 Å². The lowest BCUT2D eigenvalue weighted by molar-refractivity contribution is 0.146. The van der Waals surface area contributed by atoms with Gasteiger partial charge in [-0.1, -0.05) is 30.3 Å². The highest BCUT2D eigenvalue weighted by molar-refractivity contribution is 5.67. The van der Waals surface area contributed by atoms with Crippen molar-refractivity contribution in [3.05, 3.63) is 35.9 Å². The monoisotopic (exact) mass is 204 g/mol. The Morgan fingerprint density at radius 1 is 1.33 bits per heavy atom. The number of amides is 1. The van der Waals surface area contributed by atoms with E-state index in [2.05, 4.69) is 5.32 Å². The molecule has 1 fully saturated rings. The number of carbonyl (C=O) groups is 1. The zero-order valence-electron chi connectivity index (χ0n) is 8.56. The average molecular weight is 204 g/mol. The van der Waals surface area contributed by atoms with E-state index in [-0.39, 0.29) is 6.04 Å². The van der Waals surface area contributed by atoms with Crippen LogP contribution in [0.4, 0.5) is 4.79 Å². The number of rotatable bonds is 4. The van der Waals surface area contributed by atoms with E-state index >= 15 is 0 Å². The third-order valence-electron chi connectivity index (χ3n) is 2.29. The van der Waals surface area contributed by atoms with Gasteiger partial charge in [-0.15, -0.1) is 0 Å². The molecule has 0 aliphatic heterocycles. The van der Waals surface area contributed by atoms with Crippen LogP contribution >= 0.6 is 0 Å². The Balaban J connectivity index is 1.63. The molecule has 1 aliphatic rings. The van der Waals surface area contributed by atoms with Gasteiger partial charge >= 0.3 is 6.09 Å². The molecule has 0 saturated heterocycles. The first-order chi connectivity index (χ1) is 7.34. The van der Waals surface area contributed by atoms with Crippen molar-refractivity contribution in [2.45, 2.75) is 25.3 Å². The predicted octanol–water partition coefficient (Wildman–Crippen LogP) is 2.13.